The number of aryl methyl sites for hydroxylation is 1. The van der Waals surface area contributed by atoms with Crippen LogP contribution in [0.5, 0.6) is 0 Å². The van der Waals surface area contributed by atoms with Gasteiger partial charge in [-0.15, -0.1) is 11.3 Å². The lowest BCUT2D eigenvalue weighted by atomic mass is 10.1. The van der Waals surface area contributed by atoms with Crippen LogP contribution in [0.4, 0.5) is 0 Å². The predicted octanol–water partition coefficient (Wildman–Crippen LogP) is 2.24. The topological polar surface area (TPSA) is 42.0 Å². The third kappa shape index (κ3) is 5.52. The molecule has 0 atom stereocenters. The van der Waals surface area contributed by atoms with Crippen LogP contribution in [-0.4, -0.2) is 17.4 Å². The van der Waals surface area contributed by atoms with Crippen molar-refractivity contribution in [2.75, 3.05) is 6.54 Å². The lowest BCUT2D eigenvalue weighted by Gasteiger charge is -2.06. The van der Waals surface area contributed by atoms with E-state index in [1.54, 1.807) is 17.5 Å². The van der Waals surface area contributed by atoms with Crippen molar-refractivity contribution in [3.8, 4) is 0 Å². The highest BCUT2D eigenvalue weighted by Gasteiger charge is 2.03. The molecule has 0 aliphatic rings. The second-order valence-corrected chi connectivity index (χ2v) is 4.94. The summed E-state index contributed by atoms with van der Waals surface area (Å²) in [6.07, 6.45) is 4.12. The molecule has 15 heavy (non-hydrogen) atoms. The van der Waals surface area contributed by atoms with E-state index in [4.69, 9.17) is 0 Å². The predicted molar refractivity (Wildman–Crippen MR) is 62.9 cm³/mol. The Kier molecular flexibility index (Phi) is 5.32. The number of nitrogens with zero attached hydrogens (tertiary/aromatic N) is 1. The SMILES string of the molecule is CC(C)CCNC(=O)CCc1nccs1. The Morgan fingerprint density at radius 1 is 1.60 bits per heavy atom. The maximum Gasteiger partial charge on any atom is 0.220 e. The van der Waals surface area contributed by atoms with Crippen LogP contribution in [0.2, 0.25) is 0 Å². The lowest BCUT2D eigenvalue weighted by molar-refractivity contribution is -0.121. The Morgan fingerprint density at radius 3 is 3.00 bits per heavy atom. The van der Waals surface area contributed by atoms with Gasteiger partial charge in [-0.2, -0.15) is 0 Å². The molecule has 1 heterocycles. The molecular formula is C11H18N2OS. The summed E-state index contributed by atoms with van der Waals surface area (Å²) in [6.45, 7) is 5.10. The van der Waals surface area contributed by atoms with Crippen molar-refractivity contribution >= 4 is 17.2 Å². The van der Waals surface area contributed by atoms with Gasteiger partial charge in [0.1, 0.15) is 0 Å². The minimum Gasteiger partial charge on any atom is -0.356 e. The fourth-order valence-electron chi connectivity index (χ4n) is 1.19. The monoisotopic (exact) mass is 226 g/mol. The number of thiazole rings is 1. The first-order valence-corrected chi connectivity index (χ1v) is 6.21. The molecule has 0 spiro atoms. The first-order chi connectivity index (χ1) is 7.18. The summed E-state index contributed by atoms with van der Waals surface area (Å²) >= 11 is 1.60. The van der Waals surface area contributed by atoms with Crippen LogP contribution >= 0.6 is 11.3 Å². The molecule has 0 aromatic carbocycles. The molecule has 1 aromatic rings. The van der Waals surface area contributed by atoms with Crippen LogP contribution in [0, 0.1) is 5.92 Å². The number of hydrogen-bond acceptors (Lipinski definition) is 3. The molecule has 0 aliphatic heterocycles. The first kappa shape index (κ1) is 12.2. The highest BCUT2D eigenvalue weighted by Crippen LogP contribution is 2.06. The molecule has 0 radical (unpaired) electrons. The van der Waals surface area contributed by atoms with E-state index in [9.17, 15) is 4.79 Å². The number of hydrogen-bond donors (Lipinski definition) is 1. The van der Waals surface area contributed by atoms with Crippen molar-refractivity contribution in [3.63, 3.8) is 0 Å². The molecular weight excluding hydrogens is 208 g/mol. The Labute approximate surface area is 94.9 Å². The number of nitrogens with one attached hydrogen (secondary N) is 1. The second kappa shape index (κ2) is 6.56. The van der Waals surface area contributed by atoms with Crippen LogP contribution in [0.1, 0.15) is 31.7 Å². The Balaban J connectivity index is 2.09. The van der Waals surface area contributed by atoms with E-state index in [1.165, 1.54) is 0 Å². The third-order valence-electron chi connectivity index (χ3n) is 2.09. The van der Waals surface area contributed by atoms with E-state index in [0.29, 0.717) is 12.3 Å². The molecule has 0 saturated carbocycles. The molecule has 0 bridgehead atoms. The van der Waals surface area contributed by atoms with Gasteiger partial charge in [0, 0.05) is 31.0 Å². The van der Waals surface area contributed by atoms with Gasteiger partial charge in [-0.3, -0.25) is 4.79 Å². The van der Waals surface area contributed by atoms with Gasteiger partial charge in [0.05, 0.1) is 5.01 Å². The molecule has 0 fully saturated rings. The first-order valence-electron chi connectivity index (χ1n) is 5.33. The summed E-state index contributed by atoms with van der Waals surface area (Å²) in [6, 6.07) is 0. The van der Waals surface area contributed by atoms with Crippen molar-refractivity contribution in [2.24, 2.45) is 5.92 Å². The highest BCUT2D eigenvalue weighted by atomic mass is 32.1. The van der Waals surface area contributed by atoms with Gasteiger partial charge in [-0.1, -0.05) is 13.8 Å². The number of carbonyl (C=O) groups excluding carboxylic acids is 1. The van der Waals surface area contributed by atoms with Crippen LogP contribution in [0.25, 0.3) is 0 Å². The van der Waals surface area contributed by atoms with Crippen molar-refractivity contribution in [1.29, 1.82) is 0 Å². The Hall–Kier alpha value is -0.900. The van der Waals surface area contributed by atoms with Gasteiger partial charge >= 0.3 is 0 Å². The van der Waals surface area contributed by atoms with Crippen LogP contribution in [-0.2, 0) is 11.2 Å². The van der Waals surface area contributed by atoms with Gasteiger partial charge < -0.3 is 5.32 Å². The summed E-state index contributed by atoms with van der Waals surface area (Å²) < 4.78 is 0. The summed E-state index contributed by atoms with van der Waals surface area (Å²) in [7, 11) is 0. The van der Waals surface area contributed by atoms with E-state index in [1.807, 2.05) is 5.38 Å². The normalized spacial score (nSPS) is 10.6. The average molecular weight is 226 g/mol. The van der Waals surface area contributed by atoms with E-state index >= 15 is 0 Å². The summed E-state index contributed by atoms with van der Waals surface area (Å²) in [4.78, 5) is 15.5. The van der Waals surface area contributed by atoms with Crippen molar-refractivity contribution < 1.29 is 4.79 Å². The van der Waals surface area contributed by atoms with Gasteiger partial charge in [0.2, 0.25) is 5.91 Å². The molecule has 1 amide bonds. The second-order valence-electron chi connectivity index (χ2n) is 3.96. The molecule has 0 aliphatic carbocycles. The fraction of sp³-hybridized carbons (Fsp3) is 0.636. The lowest BCUT2D eigenvalue weighted by Crippen LogP contribution is -2.25. The average Bonchev–Trinajstić information content (AvgIpc) is 2.66. The molecule has 4 heteroatoms. The minimum absolute atomic E-state index is 0.130. The maximum atomic E-state index is 11.4. The van der Waals surface area contributed by atoms with E-state index in [2.05, 4.69) is 24.1 Å². The number of carbonyl (C=O) groups is 1. The largest absolute Gasteiger partial charge is 0.356 e. The van der Waals surface area contributed by atoms with E-state index in [-0.39, 0.29) is 5.91 Å². The van der Waals surface area contributed by atoms with E-state index in [0.717, 1.165) is 24.4 Å². The number of aromatic nitrogens is 1. The van der Waals surface area contributed by atoms with Crippen LogP contribution in [0.15, 0.2) is 11.6 Å². The maximum absolute atomic E-state index is 11.4. The Bertz CT molecular complexity index is 283. The van der Waals surface area contributed by atoms with Gasteiger partial charge in [-0.25, -0.2) is 4.98 Å². The quantitative estimate of drug-likeness (QED) is 0.808. The number of amides is 1. The molecule has 84 valence electrons. The summed E-state index contributed by atoms with van der Waals surface area (Å²) in [5.41, 5.74) is 0. The number of rotatable bonds is 6. The van der Waals surface area contributed by atoms with Crippen LogP contribution < -0.4 is 5.32 Å². The van der Waals surface area contributed by atoms with Gasteiger partial charge in [0.25, 0.3) is 0 Å². The van der Waals surface area contributed by atoms with Crippen molar-refractivity contribution in [2.45, 2.75) is 33.1 Å². The molecule has 0 unspecified atom stereocenters. The zero-order chi connectivity index (χ0) is 11.1. The van der Waals surface area contributed by atoms with Crippen molar-refractivity contribution in [1.82, 2.24) is 10.3 Å². The highest BCUT2D eigenvalue weighted by molar-refractivity contribution is 7.09. The molecule has 1 rings (SSSR count). The van der Waals surface area contributed by atoms with E-state index < -0.39 is 0 Å². The third-order valence-corrected chi connectivity index (χ3v) is 2.93. The molecule has 1 aromatic heterocycles. The zero-order valence-corrected chi connectivity index (χ0v) is 10.1. The molecule has 0 saturated heterocycles. The summed E-state index contributed by atoms with van der Waals surface area (Å²) in [5, 5.41) is 5.89. The zero-order valence-electron chi connectivity index (χ0n) is 9.32. The standard InChI is InChI=1S/C11H18N2OS/c1-9(2)5-6-12-10(14)3-4-11-13-7-8-15-11/h7-9H,3-6H2,1-2H3,(H,12,14). The Morgan fingerprint density at radius 2 is 2.40 bits per heavy atom. The van der Waals surface area contributed by atoms with Gasteiger partial charge in [-0.05, 0) is 12.3 Å². The molecule has 3 nitrogen and oxygen atoms in total. The smallest absolute Gasteiger partial charge is 0.220 e. The summed E-state index contributed by atoms with van der Waals surface area (Å²) in [5.74, 6) is 0.773. The van der Waals surface area contributed by atoms with Crippen LogP contribution in [0.3, 0.4) is 0 Å². The molecule has 1 N–H and O–H groups in total. The van der Waals surface area contributed by atoms with Gasteiger partial charge in [0.15, 0.2) is 0 Å². The fourth-order valence-corrected chi connectivity index (χ4v) is 1.81. The minimum atomic E-state index is 0.130. The van der Waals surface area contributed by atoms with Crippen molar-refractivity contribution in [3.05, 3.63) is 16.6 Å².